The summed E-state index contributed by atoms with van der Waals surface area (Å²) in [5.41, 5.74) is 3.36. The van der Waals surface area contributed by atoms with Crippen molar-refractivity contribution in [2.75, 3.05) is 32.6 Å². The smallest absolute Gasteiger partial charge is 0.256 e. The van der Waals surface area contributed by atoms with Crippen LogP contribution in [0, 0.1) is 0 Å². The summed E-state index contributed by atoms with van der Waals surface area (Å²) in [5, 5.41) is 8.40. The fourth-order valence-corrected chi connectivity index (χ4v) is 3.68. The summed E-state index contributed by atoms with van der Waals surface area (Å²) in [4.78, 5) is 37.4. The fraction of sp³-hybridized carbons (Fsp3) is 0.233. The second kappa shape index (κ2) is 14.2. The van der Waals surface area contributed by atoms with Crippen molar-refractivity contribution in [3.05, 3.63) is 95.1 Å². The molecule has 38 heavy (non-hydrogen) atoms. The zero-order valence-electron chi connectivity index (χ0n) is 21.9. The maximum Gasteiger partial charge on any atom is 0.256 e. The van der Waals surface area contributed by atoms with Gasteiger partial charge in [0.25, 0.3) is 11.8 Å². The quantitative estimate of drug-likeness (QED) is 0.194. The second-order valence-electron chi connectivity index (χ2n) is 8.57. The van der Waals surface area contributed by atoms with Crippen LogP contribution >= 0.6 is 0 Å². The number of nitrogens with one attached hydrogen (secondary N) is 3. The zero-order valence-corrected chi connectivity index (χ0v) is 21.9. The van der Waals surface area contributed by atoms with Crippen LogP contribution in [0.5, 0.6) is 11.5 Å². The van der Waals surface area contributed by atoms with E-state index in [0.29, 0.717) is 37.2 Å². The van der Waals surface area contributed by atoms with Gasteiger partial charge in [0.15, 0.2) is 0 Å². The van der Waals surface area contributed by atoms with Gasteiger partial charge in [0, 0.05) is 25.7 Å². The predicted molar refractivity (Wildman–Crippen MR) is 148 cm³/mol. The van der Waals surface area contributed by atoms with Gasteiger partial charge in [-0.25, -0.2) is 0 Å². The summed E-state index contributed by atoms with van der Waals surface area (Å²) in [7, 11) is 3.22. The van der Waals surface area contributed by atoms with E-state index in [1.54, 1.807) is 44.6 Å². The van der Waals surface area contributed by atoms with Crippen LogP contribution in [0.4, 0.5) is 5.69 Å². The highest BCUT2D eigenvalue weighted by molar-refractivity contribution is 6.21. The first-order valence-electron chi connectivity index (χ1n) is 12.3. The van der Waals surface area contributed by atoms with E-state index in [0.717, 1.165) is 22.6 Å². The zero-order chi connectivity index (χ0) is 27.3. The Bertz CT molecular complexity index is 1180. The minimum absolute atomic E-state index is 0.00161. The maximum atomic E-state index is 13.1. The van der Waals surface area contributed by atoms with E-state index in [1.165, 1.54) is 6.92 Å². The SMILES string of the molecule is COc1ccc(CCNC(=O)C(=Cc2ccc(NC(C)=O)cc2)C(=O)NCCc2ccc(OC)cc2)cc1. The van der Waals surface area contributed by atoms with E-state index in [9.17, 15) is 14.4 Å². The van der Waals surface area contributed by atoms with Gasteiger partial charge >= 0.3 is 0 Å². The van der Waals surface area contributed by atoms with Crippen LogP contribution in [0.15, 0.2) is 78.4 Å². The Kier molecular flexibility index (Phi) is 10.5. The third kappa shape index (κ3) is 8.81. The maximum absolute atomic E-state index is 13.1. The summed E-state index contributed by atoms with van der Waals surface area (Å²) in [5.74, 6) is 0.414. The standard InChI is InChI=1S/C30H33N3O5/c1-21(34)33-25-10-4-24(5-11-25)20-28(29(35)31-18-16-22-6-12-26(37-2)13-7-22)30(36)32-19-17-23-8-14-27(38-3)15-9-23/h4-15,20H,16-19H2,1-3H3,(H,31,35)(H,32,36)(H,33,34). The molecule has 0 spiro atoms. The number of rotatable bonds is 12. The number of carbonyl (C=O) groups excluding carboxylic acids is 3. The molecule has 8 nitrogen and oxygen atoms in total. The molecule has 0 unspecified atom stereocenters. The molecule has 198 valence electrons. The highest BCUT2D eigenvalue weighted by Crippen LogP contribution is 2.15. The molecule has 0 fully saturated rings. The minimum Gasteiger partial charge on any atom is -0.497 e. The van der Waals surface area contributed by atoms with Crippen LogP contribution in [-0.4, -0.2) is 45.0 Å². The lowest BCUT2D eigenvalue weighted by molar-refractivity contribution is -0.123. The first-order valence-corrected chi connectivity index (χ1v) is 12.3. The normalized spacial score (nSPS) is 10.2. The molecule has 0 atom stereocenters. The van der Waals surface area contributed by atoms with E-state index >= 15 is 0 Å². The number of benzene rings is 3. The molecule has 0 radical (unpaired) electrons. The minimum atomic E-state index is -0.466. The molecule has 0 heterocycles. The molecule has 0 aliphatic carbocycles. The average molecular weight is 516 g/mol. The summed E-state index contributed by atoms with van der Waals surface area (Å²) in [6.45, 7) is 2.16. The van der Waals surface area contributed by atoms with Crippen molar-refractivity contribution in [1.29, 1.82) is 0 Å². The molecule has 3 aromatic rings. The van der Waals surface area contributed by atoms with Crippen molar-refractivity contribution in [3.63, 3.8) is 0 Å². The fourth-order valence-electron chi connectivity index (χ4n) is 3.68. The number of amides is 3. The summed E-state index contributed by atoms with van der Waals surface area (Å²) < 4.78 is 10.4. The lowest BCUT2D eigenvalue weighted by Gasteiger charge is -2.11. The molecular weight excluding hydrogens is 482 g/mol. The van der Waals surface area contributed by atoms with E-state index < -0.39 is 11.8 Å². The number of hydrogen-bond acceptors (Lipinski definition) is 5. The van der Waals surface area contributed by atoms with Crippen LogP contribution in [0.2, 0.25) is 0 Å². The Morgan fingerprint density at radius 3 is 1.53 bits per heavy atom. The van der Waals surface area contributed by atoms with Gasteiger partial charge in [-0.15, -0.1) is 0 Å². The van der Waals surface area contributed by atoms with Crippen molar-refractivity contribution < 1.29 is 23.9 Å². The van der Waals surface area contributed by atoms with Gasteiger partial charge in [-0.2, -0.15) is 0 Å². The summed E-state index contributed by atoms with van der Waals surface area (Å²) >= 11 is 0. The van der Waals surface area contributed by atoms with Crippen LogP contribution in [0.25, 0.3) is 6.08 Å². The van der Waals surface area contributed by atoms with Gasteiger partial charge in [-0.3, -0.25) is 14.4 Å². The van der Waals surface area contributed by atoms with Crippen molar-refractivity contribution >= 4 is 29.5 Å². The molecule has 3 N–H and O–H groups in total. The molecule has 0 aromatic heterocycles. The molecular formula is C30H33N3O5. The number of methoxy groups -OCH3 is 2. The monoisotopic (exact) mass is 515 g/mol. The molecule has 0 aliphatic heterocycles. The lowest BCUT2D eigenvalue weighted by Crippen LogP contribution is -2.36. The van der Waals surface area contributed by atoms with E-state index in [-0.39, 0.29) is 11.5 Å². The van der Waals surface area contributed by atoms with Crippen LogP contribution in [0.1, 0.15) is 23.6 Å². The summed E-state index contributed by atoms with van der Waals surface area (Å²) in [6, 6.07) is 22.1. The molecule has 3 rings (SSSR count). The Hall–Kier alpha value is -4.59. The molecule has 3 aromatic carbocycles. The highest BCUT2D eigenvalue weighted by Gasteiger charge is 2.18. The Morgan fingerprint density at radius 1 is 0.684 bits per heavy atom. The first-order chi connectivity index (χ1) is 18.4. The molecule has 3 amide bonds. The third-order valence-corrected chi connectivity index (χ3v) is 5.75. The Balaban J connectivity index is 1.67. The summed E-state index contributed by atoms with van der Waals surface area (Å²) in [6.07, 6.45) is 2.75. The van der Waals surface area contributed by atoms with Gasteiger partial charge in [-0.05, 0) is 72.0 Å². The second-order valence-corrected chi connectivity index (χ2v) is 8.57. The van der Waals surface area contributed by atoms with Gasteiger partial charge in [-0.1, -0.05) is 36.4 Å². The van der Waals surface area contributed by atoms with Crippen LogP contribution in [-0.2, 0) is 27.2 Å². The largest absolute Gasteiger partial charge is 0.497 e. The molecule has 0 aliphatic rings. The Morgan fingerprint density at radius 2 is 1.13 bits per heavy atom. The van der Waals surface area contributed by atoms with Crippen LogP contribution in [0.3, 0.4) is 0 Å². The van der Waals surface area contributed by atoms with E-state index in [1.807, 2.05) is 48.5 Å². The molecule has 0 bridgehead atoms. The predicted octanol–water partition coefficient (Wildman–Crippen LogP) is 3.76. The van der Waals surface area contributed by atoms with Gasteiger partial charge in [0.05, 0.1) is 14.2 Å². The van der Waals surface area contributed by atoms with Gasteiger partial charge < -0.3 is 25.4 Å². The first kappa shape index (κ1) is 28.0. The van der Waals surface area contributed by atoms with Crippen molar-refractivity contribution in [2.24, 2.45) is 0 Å². The van der Waals surface area contributed by atoms with Crippen molar-refractivity contribution in [2.45, 2.75) is 19.8 Å². The van der Waals surface area contributed by atoms with Crippen molar-refractivity contribution in [3.8, 4) is 11.5 Å². The van der Waals surface area contributed by atoms with E-state index in [4.69, 9.17) is 9.47 Å². The average Bonchev–Trinajstić information content (AvgIpc) is 2.93. The van der Waals surface area contributed by atoms with E-state index in [2.05, 4.69) is 16.0 Å². The number of hydrogen-bond donors (Lipinski definition) is 3. The van der Waals surface area contributed by atoms with Crippen LogP contribution < -0.4 is 25.4 Å². The topological polar surface area (TPSA) is 106 Å². The number of anilines is 1. The van der Waals surface area contributed by atoms with Gasteiger partial charge in [0.1, 0.15) is 17.1 Å². The molecule has 8 heteroatoms. The van der Waals surface area contributed by atoms with Crippen molar-refractivity contribution in [1.82, 2.24) is 10.6 Å². The lowest BCUT2D eigenvalue weighted by atomic mass is 10.1. The number of ether oxygens (including phenoxy) is 2. The van der Waals surface area contributed by atoms with Gasteiger partial charge in [0.2, 0.25) is 5.91 Å². The highest BCUT2D eigenvalue weighted by atomic mass is 16.5. The third-order valence-electron chi connectivity index (χ3n) is 5.75. The molecule has 0 saturated heterocycles. The Labute approximate surface area is 223 Å². The molecule has 0 saturated carbocycles. The number of carbonyl (C=O) groups is 3.